The average molecular weight is 294 g/mol. The van der Waals surface area contributed by atoms with Crippen LogP contribution in [-0.4, -0.2) is 35.1 Å². The number of likely N-dealkylation sites (N-methyl/N-ethyl adjacent to an activating group) is 1. The van der Waals surface area contributed by atoms with Crippen LogP contribution in [0.15, 0.2) is 24.3 Å². The van der Waals surface area contributed by atoms with Crippen molar-refractivity contribution in [2.24, 2.45) is 0 Å². The number of nitrogens with one attached hydrogen (secondary N) is 1. The summed E-state index contributed by atoms with van der Waals surface area (Å²) in [6, 6.07) is 5.37. The third-order valence-electron chi connectivity index (χ3n) is 2.71. The minimum Gasteiger partial charge on any atom is -0.299 e. The molecule has 0 fully saturated rings. The summed E-state index contributed by atoms with van der Waals surface area (Å²) in [6.45, 7) is 1.82. The van der Waals surface area contributed by atoms with E-state index in [0.717, 1.165) is 10.6 Å². The van der Waals surface area contributed by atoms with E-state index >= 15 is 0 Å². The molecule has 0 saturated heterocycles. The second-order valence-electron chi connectivity index (χ2n) is 4.53. The van der Waals surface area contributed by atoms with Crippen molar-refractivity contribution >= 4 is 22.4 Å². The average Bonchev–Trinajstić information content (AvgIpc) is 2.77. The molecule has 106 valence electrons. The smallest absolute Gasteiger partial charge is 0.248 e. The van der Waals surface area contributed by atoms with Gasteiger partial charge in [-0.05, 0) is 38.7 Å². The van der Waals surface area contributed by atoms with Crippen LogP contribution >= 0.6 is 11.3 Å². The van der Waals surface area contributed by atoms with Crippen molar-refractivity contribution in [1.29, 1.82) is 0 Å². The number of hydrogen-bond donors (Lipinski definition) is 1. The molecule has 0 bridgehead atoms. The summed E-state index contributed by atoms with van der Waals surface area (Å²) in [5, 5.41) is 11.7. The number of aromatic nitrogens is 2. The van der Waals surface area contributed by atoms with E-state index in [2.05, 4.69) is 15.5 Å². The maximum absolute atomic E-state index is 13.0. The van der Waals surface area contributed by atoms with E-state index in [4.69, 9.17) is 0 Å². The fourth-order valence-electron chi connectivity index (χ4n) is 1.85. The molecule has 5 nitrogen and oxygen atoms in total. The summed E-state index contributed by atoms with van der Waals surface area (Å²) in [5.41, 5.74) is 0.718. The number of carbonyl (C=O) groups excluding carboxylic acids is 1. The van der Waals surface area contributed by atoms with Crippen LogP contribution in [0.5, 0.6) is 0 Å². The number of aryl methyl sites for hydroxylation is 1. The third-order valence-corrected chi connectivity index (χ3v) is 3.46. The van der Waals surface area contributed by atoms with Gasteiger partial charge in [0.05, 0.1) is 0 Å². The molecular formula is C13H15FN4OS. The molecule has 0 aliphatic heterocycles. The number of hydrogen-bond acceptors (Lipinski definition) is 5. The van der Waals surface area contributed by atoms with Crippen molar-refractivity contribution < 1.29 is 9.18 Å². The van der Waals surface area contributed by atoms with E-state index in [1.54, 1.807) is 31.1 Å². The Morgan fingerprint density at radius 1 is 1.30 bits per heavy atom. The highest BCUT2D eigenvalue weighted by Crippen LogP contribution is 2.22. The van der Waals surface area contributed by atoms with Gasteiger partial charge in [-0.2, -0.15) is 0 Å². The first-order valence-electron chi connectivity index (χ1n) is 6.00. The number of nitrogens with zero attached hydrogens (tertiary/aromatic N) is 3. The highest BCUT2D eigenvalue weighted by atomic mass is 32.1. The molecule has 0 saturated carbocycles. The Balaban J connectivity index is 2.20. The van der Waals surface area contributed by atoms with Gasteiger partial charge >= 0.3 is 0 Å². The Bertz CT molecular complexity index is 597. The fraction of sp³-hybridized carbons (Fsp3) is 0.308. The summed E-state index contributed by atoms with van der Waals surface area (Å²) in [5.74, 6) is -0.552. The van der Waals surface area contributed by atoms with Gasteiger partial charge in [0.1, 0.15) is 16.9 Å². The summed E-state index contributed by atoms with van der Waals surface area (Å²) in [4.78, 5) is 14.1. The monoisotopic (exact) mass is 294 g/mol. The van der Waals surface area contributed by atoms with Crippen LogP contribution in [-0.2, 0) is 4.79 Å². The first-order valence-corrected chi connectivity index (χ1v) is 6.82. The molecule has 1 aromatic heterocycles. The molecule has 1 amide bonds. The van der Waals surface area contributed by atoms with E-state index in [9.17, 15) is 9.18 Å². The SMILES string of the molecule is Cc1nnc(NC(=O)[C@@H](c2ccc(F)cc2)N(C)C)s1. The molecule has 1 heterocycles. The van der Waals surface area contributed by atoms with Crippen LogP contribution in [0, 0.1) is 12.7 Å². The second-order valence-corrected chi connectivity index (χ2v) is 5.71. The van der Waals surface area contributed by atoms with Crippen LogP contribution in [0.1, 0.15) is 16.6 Å². The second kappa shape index (κ2) is 6.06. The molecule has 0 radical (unpaired) electrons. The predicted octanol–water partition coefficient (Wildman–Crippen LogP) is 2.23. The Labute approximate surface area is 120 Å². The van der Waals surface area contributed by atoms with Gasteiger partial charge in [0, 0.05) is 0 Å². The van der Waals surface area contributed by atoms with Gasteiger partial charge in [-0.3, -0.25) is 15.0 Å². The molecule has 0 aliphatic rings. The molecule has 7 heteroatoms. The fourth-order valence-corrected chi connectivity index (χ4v) is 2.44. The zero-order valence-corrected chi connectivity index (χ0v) is 12.2. The minimum absolute atomic E-state index is 0.224. The van der Waals surface area contributed by atoms with E-state index in [0.29, 0.717) is 5.13 Å². The summed E-state index contributed by atoms with van der Waals surface area (Å²) < 4.78 is 13.0. The van der Waals surface area contributed by atoms with Gasteiger partial charge in [0.15, 0.2) is 0 Å². The molecule has 2 rings (SSSR count). The Morgan fingerprint density at radius 2 is 1.95 bits per heavy atom. The number of rotatable bonds is 4. The van der Waals surface area contributed by atoms with Crippen LogP contribution < -0.4 is 5.32 Å². The first kappa shape index (κ1) is 14.5. The molecule has 2 aromatic rings. The highest BCUT2D eigenvalue weighted by Gasteiger charge is 2.23. The Morgan fingerprint density at radius 3 is 2.45 bits per heavy atom. The van der Waals surface area contributed by atoms with Crippen molar-refractivity contribution in [3.8, 4) is 0 Å². The van der Waals surface area contributed by atoms with E-state index in [-0.39, 0.29) is 11.7 Å². The van der Waals surface area contributed by atoms with Gasteiger partial charge in [0.25, 0.3) is 0 Å². The van der Waals surface area contributed by atoms with Crippen LogP contribution in [0.25, 0.3) is 0 Å². The summed E-state index contributed by atoms with van der Waals surface area (Å²) >= 11 is 1.31. The van der Waals surface area contributed by atoms with E-state index in [1.807, 2.05) is 6.92 Å². The number of amides is 1. The third kappa shape index (κ3) is 3.37. The van der Waals surface area contributed by atoms with E-state index in [1.165, 1.54) is 23.5 Å². The lowest BCUT2D eigenvalue weighted by atomic mass is 10.1. The van der Waals surface area contributed by atoms with Gasteiger partial charge in [-0.15, -0.1) is 10.2 Å². The normalized spacial score (nSPS) is 12.4. The summed E-state index contributed by atoms with van der Waals surface area (Å²) in [6.07, 6.45) is 0. The predicted molar refractivity (Wildman–Crippen MR) is 76.1 cm³/mol. The molecule has 1 N–H and O–H groups in total. The molecule has 1 atom stereocenters. The lowest BCUT2D eigenvalue weighted by Crippen LogP contribution is -2.32. The number of halogens is 1. The quantitative estimate of drug-likeness (QED) is 0.939. The van der Waals surface area contributed by atoms with Gasteiger partial charge < -0.3 is 0 Å². The van der Waals surface area contributed by atoms with Crippen molar-refractivity contribution in [1.82, 2.24) is 15.1 Å². The van der Waals surface area contributed by atoms with Crippen LogP contribution in [0.4, 0.5) is 9.52 Å². The molecule has 0 aliphatic carbocycles. The molecule has 1 aromatic carbocycles. The van der Waals surface area contributed by atoms with Crippen molar-refractivity contribution in [3.05, 3.63) is 40.7 Å². The number of anilines is 1. The number of benzene rings is 1. The lowest BCUT2D eigenvalue weighted by Gasteiger charge is -2.23. The topological polar surface area (TPSA) is 58.1 Å². The van der Waals surface area contributed by atoms with Crippen molar-refractivity contribution in [2.45, 2.75) is 13.0 Å². The molecule has 0 spiro atoms. The lowest BCUT2D eigenvalue weighted by molar-refractivity contribution is -0.120. The van der Waals surface area contributed by atoms with Crippen LogP contribution in [0.2, 0.25) is 0 Å². The highest BCUT2D eigenvalue weighted by molar-refractivity contribution is 7.15. The van der Waals surface area contributed by atoms with Crippen molar-refractivity contribution in [2.75, 3.05) is 19.4 Å². The maximum Gasteiger partial charge on any atom is 0.248 e. The maximum atomic E-state index is 13.0. The summed E-state index contributed by atoms with van der Waals surface area (Å²) in [7, 11) is 3.58. The Kier molecular flexibility index (Phi) is 4.41. The minimum atomic E-state index is -0.514. The zero-order chi connectivity index (χ0) is 14.7. The molecule has 20 heavy (non-hydrogen) atoms. The van der Waals surface area contributed by atoms with Gasteiger partial charge in [-0.1, -0.05) is 23.5 Å². The number of carbonyl (C=O) groups is 1. The van der Waals surface area contributed by atoms with E-state index < -0.39 is 6.04 Å². The largest absolute Gasteiger partial charge is 0.299 e. The van der Waals surface area contributed by atoms with Gasteiger partial charge in [0.2, 0.25) is 11.0 Å². The zero-order valence-electron chi connectivity index (χ0n) is 11.4. The molecule has 0 unspecified atom stereocenters. The van der Waals surface area contributed by atoms with Gasteiger partial charge in [-0.25, -0.2) is 4.39 Å². The Hall–Kier alpha value is -1.86. The first-order chi connectivity index (χ1) is 9.47. The van der Waals surface area contributed by atoms with Crippen LogP contribution in [0.3, 0.4) is 0 Å². The molecular weight excluding hydrogens is 279 g/mol. The van der Waals surface area contributed by atoms with Crippen molar-refractivity contribution in [3.63, 3.8) is 0 Å². The standard InChI is InChI=1S/C13H15FN4OS/c1-8-16-17-13(20-8)15-12(19)11(18(2)3)9-4-6-10(14)7-5-9/h4-7,11H,1-3H3,(H,15,17,19)/t11-/m1/s1.